The van der Waals surface area contributed by atoms with E-state index in [1.807, 2.05) is 24.3 Å². The highest BCUT2D eigenvalue weighted by Crippen LogP contribution is 2.36. The number of halogens is 1. The molecule has 0 N–H and O–H groups in total. The summed E-state index contributed by atoms with van der Waals surface area (Å²) < 4.78 is 31.3. The number of hydrogen-bond donors (Lipinski definition) is 0. The zero-order chi connectivity index (χ0) is 20.7. The summed E-state index contributed by atoms with van der Waals surface area (Å²) in [6.45, 7) is 0.170. The van der Waals surface area contributed by atoms with Crippen LogP contribution in [0, 0.1) is 5.82 Å². The Balaban J connectivity index is 1.81. The standard InChI is InChI=1S/C21H16FN5O3/c1-28-11-16-17(18(26-30-16)12-7-9-13(22)10-8-12)20-24-23-19-14-5-3-4-6-15(14)21(29-2)25-27(19)20/h3-10H,11H2,1-2H3. The van der Waals surface area contributed by atoms with Gasteiger partial charge in [0.1, 0.15) is 18.1 Å². The summed E-state index contributed by atoms with van der Waals surface area (Å²) in [5, 5.41) is 19.2. The van der Waals surface area contributed by atoms with Crippen molar-refractivity contribution in [3.8, 4) is 28.5 Å². The number of ether oxygens (including phenoxy) is 2. The molecule has 150 valence electrons. The average molecular weight is 405 g/mol. The number of benzene rings is 2. The molecule has 0 saturated carbocycles. The van der Waals surface area contributed by atoms with Gasteiger partial charge in [-0.15, -0.1) is 15.3 Å². The normalized spacial score (nSPS) is 11.4. The molecule has 0 aliphatic carbocycles. The van der Waals surface area contributed by atoms with E-state index in [1.54, 1.807) is 30.9 Å². The number of methoxy groups -OCH3 is 2. The molecule has 0 radical (unpaired) electrons. The van der Waals surface area contributed by atoms with Crippen molar-refractivity contribution in [2.45, 2.75) is 6.61 Å². The number of hydrogen-bond acceptors (Lipinski definition) is 7. The van der Waals surface area contributed by atoms with E-state index in [9.17, 15) is 4.39 Å². The second-order valence-electron chi connectivity index (χ2n) is 6.58. The Morgan fingerprint density at radius 3 is 2.50 bits per heavy atom. The van der Waals surface area contributed by atoms with Gasteiger partial charge in [0, 0.05) is 23.4 Å². The van der Waals surface area contributed by atoms with Crippen LogP contribution in [0.3, 0.4) is 0 Å². The van der Waals surface area contributed by atoms with Crippen LogP contribution in [0.4, 0.5) is 4.39 Å². The number of aromatic nitrogens is 5. The van der Waals surface area contributed by atoms with Gasteiger partial charge in [0.05, 0.1) is 12.7 Å². The first kappa shape index (κ1) is 18.2. The summed E-state index contributed by atoms with van der Waals surface area (Å²) in [7, 11) is 3.12. The van der Waals surface area contributed by atoms with Crippen LogP contribution in [-0.4, -0.2) is 39.2 Å². The molecular formula is C21H16FN5O3. The minimum Gasteiger partial charge on any atom is -0.480 e. The largest absolute Gasteiger partial charge is 0.480 e. The van der Waals surface area contributed by atoms with Gasteiger partial charge in [-0.05, 0) is 30.3 Å². The quantitative estimate of drug-likeness (QED) is 0.438. The molecule has 30 heavy (non-hydrogen) atoms. The molecule has 3 aromatic heterocycles. The van der Waals surface area contributed by atoms with Crippen LogP contribution in [-0.2, 0) is 11.3 Å². The third-order valence-electron chi connectivity index (χ3n) is 4.80. The SMILES string of the molecule is COCc1onc(-c2ccc(F)cc2)c1-c1nnc2c3ccccc3c(OC)nn12. The fourth-order valence-corrected chi connectivity index (χ4v) is 3.45. The Morgan fingerprint density at radius 1 is 1.00 bits per heavy atom. The highest BCUT2D eigenvalue weighted by atomic mass is 19.1. The van der Waals surface area contributed by atoms with Crippen LogP contribution in [0.2, 0.25) is 0 Å². The Hall–Kier alpha value is -3.85. The highest BCUT2D eigenvalue weighted by molar-refractivity contribution is 5.97. The van der Waals surface area contributed by atoms with Crippen LogP contribution in [0.15, 0.2) is 53.1 Å². The molecule has 5 aromatic rings. The van der Waals surface area contributed by atoms with Crippen LogP contribution in [0.1, 0.15) is 5.76 Å². The summed E-state index contributed by atoms with van der Waals surface area (Å²) in [5.41, 5.74) is 2.30. The summed E-state index contributed by atoms with van der Waals surface area (Å²) in [6, 6.07) is 13.6. The van der Waals surface area contributed by atoms with Crippen molar-refractivity contribution in [3.63, 3.8) is 0 Å². The predicted molar refractivity (Wildman–Crippen MR) is 106 cm³/mol. The van der Waals surface area contributed by atoms with Gasteiger partial charge in [0.15, 0.2) is 17.2 Å². The van der Waals surface area contributed by atoms with Gasteiger partial charge >= 0.3 is 0 Å². The first-order chi connectivity index (χ1) is 14.7. The minimum atomic E-state index is -0.341. The van der Waals surface area contributed by atoms with Crippen molar-refractivity contribution in [1.82, 2.24) is 25.0 Å². The molecular weight excluding hydrogens is 389 g/mol. The van der Waals surface area contributed by atoms with Gasteiger partial charge < -0.3 is 14.0 Å². The molecule has 0 spiro atoms. The third-order valence-corrected chi connectivity index (χ3v) is 4.80. The predicted octanol–water partition coefficient (Wildman–Crippen LogP) is 3.89. The van der Waals surface area contributed by atoms with Crippen molar-refractivity contribution in [2.24, 2.45) is 0 Å². The third kappa shape index (κ3) is 2.79. The van der Waals surface area contributed by atoms with Crippen molar-refractivity contribution < 1.29 is 18.4 Å². The second kappa shape index (κ2) is 7.20. The van der Waals surface area contributed by atoms with Crippen LogP contribution >= 0.6 is 0 Å². The molecule has 0 aliphatic rings. The van der Waals surface area contributed by atoms with E-state index in [4.69, 9.17) is 14.0 Å². The lowest BCUT2D eigenvalue weighted by Gasteiger charge is -2.07. The molecule has 0 fully saturated rings. The lowest BCUT2D eigenvalue weighted by molar-refractivity contribution is 0.156. The first-order valence-electron chi connectivity index (χ1n) is 9.13. The number of fused-ring (bicyclic) bond motifs is 3. The van der Waals surface area contributed by atoms with Crippen LogP contribution < -0.4 is 4.74 Å². The molecule has 0 atom stereocenters. The summed E-state index contributed by atoms with van der Waals surface area (Å²) >= 11 is 0. The van der Waals surface area contributed by atoms with E-state index in [2.05, 4.69) is 20.5 Å². The van der Waals surface area contributed by atoms with Crippen LogP contribution in [0.5, 0.6) is 5.88 Å². The minimum absolute atomic E-state index is 0.170. The Kier molecular flexibility index (Phi) is 4.36. The van der Waals surface area contributed by atoms with E-state index >= 15 is 0 Å². The van der Waals surface area contributed by atoms with Gasteiger partial charge in [0.25, 0.3) is 0 Å². The van der Waals surface area contributed by atoms with Crippen molar-refractivity contribution >= 4 is 16.4 Å². The lowest BCUT2D eigenvalue weighted by atomic mass is 10.1. The zero-order valence-electron chi connectivity index (χ0n) is 16.2. The molecule has 0 aliphatic heterocycles. The van der Waals surface area contributed by atoms with Crippen molar-refractivity contribution in [1.29, 1.82) is 0 Å². The smallest absolute Gasteiger partial charge is 0.239 e. The summed E-state index contributed by atoms with van der Waals surface area (Å²) in [5.74, 6) is 0.973. The maximum absolute atomic E-state index is 13.4. The number of rotatable bonds is 5. The molecule has 8 nitrogen and oxygen atoms in total. The van der Waals surface area contributed by atoms with E-state index in [0.717, 1.165) is 10.8 Å². The monoisotopic (exact) mass is 405 g/mol. The van der Waals surface area contributed by atoms with Crippen molar-refractivity contribution in [3.05, 3.63) is 60.1 Å². The molecule has 9 heteroatoms. The molecule has 2 aromatic carbocycles. The topological polar surface area (TPSA) is 87.6 Å². The van der Waals surface area contributed by atoms with Gasteiger partial charge in [-0.1, -0.05) is 23.4 Å². The average Bonchev–Trinajstić information content (AvgIpc) is 3.38. The highest BCUT2D eigenvalue weighted by Gasteiger charge is 2.25. The van der Waals surface area contributed by atoms with Gasteiger partial charge in [-0.25, -0.2) is 4.39 Å². The molecule has 0 bridgehead atoms. The Bertz CT molecular complexity index is 1360. The summed E-state index contributed by atoms with van der Waals surface area (Å²) in [4.78, 5) is 0. The van der Waals surface area contributed by atoms with E-state index in [-0.39, 0.29) is 12.4 Å². The zero-order valence-corrected chi connectivity index (χ0v) is 16.2. The Morgan fingerprint density at radius 2 is 1.77 bits per heavy atom. The fourth-order valence-electron chi connectivity index (χ4n) is 3.45. The number of nitrogens with zero attached hydrogens (tertiary/aromatic N) is 5. The van der Waals surface area contributed by atoms with Crippen molar-refractivity contribution in [2.75, 3.05) is 14.2 Å². The van der Waals surface area contributed by atoms with Crippen LogP contribution in [0.25, 0.3) is 39.1 Å². The summed E-state index contributed by atoms with van der Waals surface area (Å²) in [6.07, 6.45) is 0. The molecule has 0 unspecified atom stereocenters. The van der Waals surface area contributed by atoms with E-state index in [1.165, 1.54) is 12.1 Å². The molecule has 0 saturated heterocycles. The maximum atomic E-state index is 13.4. The maximum Gasteiger partial charge on any atom is 0.239 e. The lowest BCUT2D eigenvalue weighted by Crippen LogP contribution is -2.01. The van der Waals surface area contributed by atoms with Gasteiger partial charge in [0.2, 0.25) is 5.88 Å². The molecule has 3 heterocycles. The fraction of sp³-hybridized carbons (Fsp3) is 0.143. The van der Waals surface area contributed by atoms with E-state index < -0.39 is 0 Å². The van der Waals surface area contributed by atoms with E-state index in [0.29, 0.717) is 39.9 Å². The first-order valence-corrected chi connectivity index (χ1v) is 9.13. The Labute approximate surface area is 169 Å². The molecule has 0 amide bonds. The molecule has 5 rings (SSSR count). The van der Waals surface area contributed by atoms with Gasteiger partial charge in [-0.3, -0.25) is 0 Å². The second-order valence-corrected chi connectivity index (χ2v) is 6.58. The van der Waals surface area contributed by atoms with Gasteiger partial charge in [-0.2, -0.15) is 4.52 Å².